The van der Waals surface area contributed by atoms with Gasteiger partial charge in [-0.1, -0.05) is 30.3 Å². The van der Waals surface area contributed by atoms with Gasteiger partial charge >= 0.3 is 12.4 Å². The highest BCUT2D eigenvalue weighted by molar-refractivity contribution is 5.68. The van der Waals surface area contributed by atoms with Crippen LogP contribution in [-0.2, 0) is 11.3 Å². The second-order valence-corrected chi connectivity index (χ2v) is 4.91. The Morgan fingerprint density at radius 1 is 1.33 bits per heavy atom. The molecule has 21 heavy (non-hydrogen) atoms. The number of likely N-dealkylation sites (tertiary alicyclic amines) is 1. The van der Waals surface area contributed by atoms with E-state index in [2.05, 4.69) is 0 Å². The minimum atomic E-state index is -4.43. The third kappa shape index (κ3) is 4.93. The number of halogens is 3. The second-order valence-electron chi connectivity index (χ2n) is 4.91. The van der Waals surface area contributed by atoms with Crippen molar-refractivity contribution in [2.75, 3.05) is 13.1 Å². The Labute approximate surface area is 120 Å². The first-order valence-electron chi connectivity index (χ1n) is 6.75. The number of hydrogen-bond donors (Lipinski definition) is 1. The van der Waals surface area contributed by atoms with Gasteiger partial charge in [0.15, 0.2) is 0 Å². The van der Waals surface area contributed by atoms with Crippen molar-refractivity contribution in [1.82, 2.24) is 10.2 Å². The molecule has 0 aliphatic carbocycles. The van der Waals surface area contributed by atoms with E-state index in [1.807, 2.05) is 30.3 Å². The zero-order valence-electron chi connectivity index (χ0n) is 11.4. The lowest BCUT2D eigenvalue weighted by Crippen LogP contribution is -2.45. The predicted molar refractivity (Wildman–Crippen MR) is 70.4 cm³/mol. The smallest absolute Gasteiger partial charge is 0.445 e. The summed E-state index contributed by atoms with van der Waals surface area (Å²) in [5.74, 6) is 0. The molecule has 4 nitrogen and oxygen atoms in total. The molecule has 1 N–H and O–H groups in total. The Morgan fingerprint density at radius 3 is 2.71 bits per heavy atom. The number of alkyl halides is 3. The molecule has 1 aliphatic heterocycles. The highest BCUT2D eigenvalue weighted by Crippen LogP contribution is 2.20. The SMILES string of the molecule is O=C(OCc1ccccc1)N1CCC[C@H]1CNC(F)(F)F. The van der Waals surface area contributed by atoms with Crippen LogP contribution in [0.5, 0.6) is 0 Å². The van der Waals surface area contributed by atoms with Crippen LogP contribution in [0.2, 0.25) is 0 Å². The van der Waals surface area contributed by atoms with Crippen molar-refractivity contribution in [2.45, 2.75) is 31.8 Å². The number of nitrogens with zero attached hydrogens (tertiary/aromatic N) is 1. The van der Waals surface area contributed by atoms with E-state index in [-0.39, 0.29) is 13.2 Å². The number of benzene rings is 1. The molecule has 1 amide bonds. The molecule has 0 aromatic heterocycles. The maximum Gasteiger partial charge on any atom is 0.457 e. The Morgan fingerprint density at radius 2 is 2.05 bits per heavy atom. The third-order valence-electron chi connectivity index (χ3n) is 3.35. The summed E-state index contributed by atoms with van der Waals surface area (Å²) in [4.78, 5) is 13.3. The van der Waals surface area contributed by atoms with Gasteiger partial charge in [-0.3, -0.25) is 0 Å². The van der Waals surface area contributed by atoms with Crippen LogP contribution in [0.25, 0.3) is 0 Å². The molecule has 7 heteroatoms. The number of carbonyl (C=O) groups is 1. The van der Waals surface area contributed by atoms with Gasteiger partial charge in [0.1, 0.15) is 6.61 Å². The molecular formula is C14H17F3N2O2. The van der Waals surface area contributed by atoms with Gasteiger partial charge < -0.3 is 9.64 Å². The molecule has 1 fully saturated rings. The standard InChI is InChI=1S/C14H17F3N2O2/c15-14(16,17)18-9-12-7-4-8-19(12)13(20)21-10-11-5-2-1-3-6-11/h1-3,5-6,12,18H,4,7-10H2/t12-/m0/s1. The average molecular weight is 302 g/mol. The van der Waals surface area contributed by atoms with Crippen molar-refractivity contribution < 1.29 is 22.7 Å². The fourth-order valence-electron chi connectivity index (χ4n) is 2.32. The first kappa shape index (κ1) is 15.6. The van der Waals surface area contributed by atoms with E-state index >= 15 is 0 Å². The monoisotopic (exact) mass is 302 g/mol. The number of ether oxygens (including phenoxy) is 1. The summed E-state index contributed by atoms with van der Waals surface area (Å²) in [6.07, 6.45) is -3.76. The molecule has 1 heterocycles. The molecule has 0 spiro atoms. The van der Waals surface area contributed by atoms with E-state index in [0.717, 1.165) is 5.56 Å². The van der Waals surface area contributed by atoms with Gasteiger partial charge in [0.2, 0.25) is 0 Å². The fourth-order valence-corrected chi connectivity index (χ4v) is 2.32. The average Bonchev–Trinajstić information content (AvgIpc) is 2.91. The van der Waals surface area contributed by atoms with Crippen molar-refractivity contribution in [3.05, 3.63) is 35.9 Å². The number of amides is 1. The summed E-state index contributed by atoms with van der Waals surface area (Å²) >= 11 is 0. The number of nitrogens with one attached hydrogen (secondary N) is 1. The molecule has 0 radical (unpaired) electrons. The zero-order valence-corrected chi connectivity index (χ0v) is 11.4. The van der Waals surface area contributed by atoms with Crippen molar-refractivity contribution >= 4 is 6.09 Å². The van der Waals surface area contributed by atoms with E-state index < -0.39 is 18.4 Å². The molecule has 0 bridgehead atoms. The van der Waals surface area contributed by atoms with Crippen LogP contribution in [-0.4, -0.2) is 36.4 Å². The van der Waals surface area contributed by atoms with Crippen LogP contribution in [0.4, 0.5) is 18.0 Å². The quantitative estimate of drug-likeness (QED) is 0.870. The van der Waals surface area contributed by atoms with Gasteiger partial charge in [-0.05, 0) is 18.4 Å². The molecule has 116 valence electrons. The fraction of sp³-hybridized carbons (Fsp3) is 0.500. The lowest BCUT2D eigenvalue weighted by atomic mass is 10.2. The summed E-state index contributed by atoms with van der Waals surface area (Å²) < 4.78 is 41.6. The molecule has 1 saturated heterocycles. The van der Waals surface area contributed by atoms with E-state index in [9.17, 15) is 18.0 Å². The number of rotatable bonds is 4. The first-order valence-corrected chi connectivity index (χ1v) is 6.75. The molecule has 1 aromatic carbocycles. The lowest BCUT2D eigenvalue weighted by molar-refractivity contribution is -0.158. The number of hydrogen-bond acceptors (Lipinski definition) is 3. The van der Waals surface area contributed by atoms with Crippen molar-refractivity contribution in [3.8, 4) is 0 Å². The van der Waals surface area contributed by atoms with Crippen molar-refractivity contribution in [3.63, 3.8) is 0 Å². The molecule has 0 saturated carbocycles. The third-order valence-corrected chi connectivity index (χ3v) is 3.35. The first-order chi connectivity index (χ1) is 9.96. The lowest BCUT2D eigenvalue weighted by Gasteiger charge is -2.24. The van der Waals surface area contributed by atoms with E-state index in [0.29, 0.717) is 19.4 Å². The molecule has 0 unspecified atom stereocenters. The molecule has 1 atom stereocenters. The predicted octanol–water partition coefficient (Wildman–Crippen LogP) is 2.90. The molecule has 1 aliphatic rings. The van der Waals surface area contributed by atoms with E-state index in [4.69, 9.17) is 4.74 Å². The second kappa shape index (κ2) is 6.80. The van der Waals surface area contributed by atoms with Crippen LogP contribution in [0.1, 0.15) is 18.4 Å². The van der Waals surface area contributed by atoms with E-state index in [1.165, 1.54) is 10.2 Å². The number of carbonyl (C=O) groups excluding carboxylic acids is 1. The summed E-state index contributed by atoms with van der Waals surface area (Å²) in [6.45, 7) is 0.247. The molecule has 1 aromatic rings. The van der Waals surface area contributed by atoms with Crippen LogP contribution >= 0.6 is 0 Å². The molecular weight excluding hydrogens is 285 g/mol. The summed E-state index contributed by atoms with van der Waals surface area (Å²) in [5.41, 5.74) is 0.843. The minimum Gasteiger partial charge on any atom is -0.445 e. The van der Waals surface area contributed by atoms with Crippen LogP contribution < -0.4 is 5.32 Å². The van der Waals surface area contributed by atoms with Crippen LogP contribution in [0.15, 0.2) is 30.3 Å². The topological polar surface area (TPSA) is 41.6 Å². The van der Waals surface area contributed by atoms with Gasteiger partial charge in [-0.2, -0.15) is 13.2 Å². The minimum absolute atomic E-state index is 0.121. The zero-order chi connectivity index (χ0) is 15.3. The van der Waals surface area contributed by atoms with Gasteiger partial charge in [-0.15, -0.1) is 0 Å². The molecule has 2 rings (SSSR count). The highest BCUT2D eigenvalue weighted by atomic mass is 19.4. The van der Waals surface area contributed by atoms with Gasteiger partial charge in [0, 0.05) is 19.1 Å². The van der Waals surface area contributed by atoms with Gasteiger partial charge in [0.25, 0.3) is 0 Å². The highest BCUT2D eigenvalue weighted by Gasteiger charge is 2.34. The van der Waals surface area contributed by atoms with Crippen molar-refractivity contribution in [1.29, 1.82) is 0 Å². The van der Waals surface area contributed by atoms with Gasteiger partial charge in [-0.25, -0.2) is 10.1 Å². The summed E-state index contributed by atoms with van der Waals surface area (Å²) in [7, 11) is 0. The Bertz CT molecular complexity index is 465. The Kier molecular flexibility index (Phi) is 5.06. The Balaban J connectivity index is 1.83. The van der Waals surface area contributed by atoms with Crippen LogP contribution in [0.3, 0.4) is 0 Å². The van der Waals surface area contributed by atoms with Crippen LogP contribution in [0, 0.1) is 0 Å². The maximum atomic E-state index is 12.2. The van der Waals surface area contributed by atoms with Gasteiger partial charge in [0.05, 0.1) is 0 Å². The van der Waals surface area contributed by atoms with Crippen molar-refractivity contribution in [2.24, 2.45) is 0 Å². The maximum absolute atomic E-state index is 12.2. The largest absolute Gasteiger partial charge is 0.457 e. The summed E-state index contributed by atoms with van der Waals surface area (Å²) in [5, 5.41) is 1.47. The van der Waals surface area contributed by atoms with E-state index in [1.54, 1.807) is 0 Å². The normalized spacial score (nSPS) is 18.8. The Hall–Kier alpha value is -1.76. The summed E-state index contributed by atoms with van der Waals surface area (Å²) in [6, 6.07) is 8.67.